The van der Waals surface area contributed by atoms with E-state index in [9.17, 15) is 9.90 Å². The Morgan fingerprint density at radius 1 is 1.38 bits per heavy atom. The summed E-state index contributed by atoms with van der Waals surface area (Å²) in [5, 5.41) is 13.3. The number of aryl methyl sites for hydroxylation is 2. The second-order valence-electron chi connectivity index (χ2n) is 4.93. The number of nitrogens with zero attached hydrogens (tertiary/aromatic N) is 2. The number of thioether (sulfide) groups is 1. The van der Waals surface area contributed by atoms with Crippen molar-refractivity contribution in [1.29, 1.82) is 0 Å². The molecule has 1 unspecified atom stereocenters. The van der Waals surface area contributed by atoms with Crippen LogP contribution in [0.4, 0.5) is 0 Å². The molecule has 0 aliphatic carbocycles. The summed E-state index contributed by atoms with van der Waals surface area (Å²) in [6.07, 6.45) is 1.43. The number of rotatable bonds is 7. The molecule has 1 atom stereocenters. The van der Waals surface area contributed by atoms with Gasteiger partial charge in [-0.05, 0) is 24.5 Å². The summed E-state index contributed by atoms with van der Waals surface area (Å²) in [5.74, 6) is -0.102. The molecular formula is C16H20N2O2S. The molecule has 0 amide bonds. The number of hydrogen-bond acceptors (Lipinski definition) is 3. The Hall–Kier alpha value is -1.75. The molecule has 4 nitrogen and oxygen atoms in total. The molecule has 2 aromatic rings. The van der Waals surface area contributed by atoms with Crippen molar-refractivity contribution >= 4 is 17.7 Å². The van der Waals surface area contributed by atoms with Crippen molar-refractivity contribution in [1.82, 2.24) is 9.78 Å². The minimum Gasteiger partial charge on any atom is -0.480 e. The fourth-order valence-electron chi connectivity index (χ4n) is 2.11. The number of aromatic nitrogens is 2. The highest BCUT2D eigenvalue weighted by Crippen LogP contribution is 2.22. The van der Waals surface area contributed by atoms with Crippen molar-refractivity contribution in [3.8, 4) is 0 Å². The molecule has 1 aromatic carbocycles. The van der Waals surface area contributed by atoms with Crippen LogP contribution in [-0.2, 0) is 30.4 Å². The summed E-state index contributed by atoms with van der Waals surface area (Å²) in [5.41, 5.74) is 3.16. The van der Waals surface area contributed by atoms with E-state index in [4.69, 9.17) is 0 Å². The number of carbonyl (C=O) groups is 1. The van der Waals surface area contributed by atoms with Crippen LogP contribution in [0.1, 0.15) is 23.9 Å². The van der Waals surface area contributed by atoms with E-state index in [2.05, 4.69) is 18.1 Å². The molecule has 5 heteroatoms. The lowest BCUT2D eigenvalue weighted by molar-refractivity contribution is -0.136. The molecule has 0 bridgehead atoms. The van der Waals surface area contributed by atoms with Crippen LogP contribution in [0.2, 0.25) is 0 Å². The maximum absolute atomic E-state index is 11.4. The number of aliphatic carboxylic acids is 1. The smallest absolute Gasteiger partial charge is 0.316 e. The van der Waals surface area contributed by atoms with Crippen LogP contribution in [0.15, 0.2) is 36.4 Å². The zero-order valence-corrected chi connectivity index (χ0v) is 13.1. The van der Waals surface area contributed by atoms with Crippen molar-refractivity contribution in [3.63, 3.8) is 0 Å². The van der Waals surface area contributed by atoms with Crippen LogP contribution >= 0.6 is 11.8 Å². The van der Waals surface area contributed by atoms with E-state index in [1.165, 1.54) is 11.8 Å². The van der Waals surface area contributed by atoms with Crippen molar-refractivity contribution in [2.24, 2.45) is 7.05 Å². The minimum atomic E-state index is -0.762. The van der Waals surface area contributed by atoms with E-state index in [0.29, 0.717) is 12.2 Å². The lowest BCUT2D eigenvalue weighted by Crippen LogP contribution is -2.19. The highest BCUT2D eigenvalue weighted by Gasteiger charge is 2.19. The molecule has 0 fully saturated rings. The molecule has 2 rings (SSSR count). The molecule has 0 spiro atoms. The van der Waals surface area contributed by atoms with E-state index in [0.717, 1.165) is 23.4 Å². The van der Waals surface area contributed by atoms with Gasteiger partial charge in [-0.3, -0.25) is 9.48 Å². The SMILES string of the molecule is CCc1cc(CSC(Cc2ccccc2)C(=O)O)n(C)n1. The van der Waals surface area contributed by atoms with Gasteiger partial charge < -0.3 is 5.11 Å². The van der Waals surface area contributed by atoms with Crippen molar-refractivity contribution in [3.05, 3.63) is 53.3 Å². The largest absolute Gasteiger partial charge is 0.480 e. The summed E-state index contributed by atoms with van der Waals surface area (Å²) in [7, 11) is 1.90. The molecule has 0 aliphatic heterocycles. The zero-order chi connectivity index (χ0) is 15.2. The summed E-state index contributed by atoms with van der Waals surface area (Å²) in [6.45, 7) is 2.06. The summed E-state index contributed by atoms with van der Waals surface area (Å²) < 4.78 is 1.84. The predicted molar refractivity (Wildman–Crippen MR) is 85.5 cm³/mol. The standard InChI is InChI=1S/C16H20N2O2S/c1-3-13-10-14(18(2)17-13)11-21-15(16(19)20)9-12-7-5-4-6-8-12/h4-8,10,15H,3,9,11H2,1-2H3,(H,19,20). The molecule has 1 aromatic heterocycles. The summed E-state index contributed by atoms with van der Waals surface area (Å²) >= 11 is 1.46. The monoisotopic (exact) mass is 304 g/mol. The molecule has 21 heavy (non-hydrogen) atoms. The maximum Gasteiger partial charge on any atom is 0.316 e. The van der Waals surface area contributed by atoms with Gasteiger partial charge >= 0.3 is 5.97 Å². The highest BCUT2D eigenvalue weighted by molar-refractivity contribution is 7.99. The van der Waals surface area contributed by atoms with Gasteiger partial charge in [-0.15, -0.1) is 11.8 Å². The Balaban J connectivity index is 2.00. The normalized spacial score (nSPS) is 12.3. The first-order valence-electron chi connectivity index (χ1n) is 7.00. The quantitative estimate of drug-likeness (QED) is 0.854. The minimum absolute atomic E-state index is 0.438. The highest BCUT2D eigenvalue weighted by atomic mass is 32.2. The molecule has 112 valence electrons. The van der Waals surface area contributed by atoms with Gasteiger partial charge in [0.05, 0.1) is 5.69 Å². The van der Waals surface area contributed by atoms with E-state index >= 15 is 0 Å². The van der Waals surface area contributed by atoms with Gasteiger partial charge in [-0.1, -0.05) is 37.3 Å². The van der Waals surface area contributed by atoms with E-state index in [1.54, 1.807) is 0 Å². The topological polar surface area (TPSA) is 55.1 Å². The fraction of sp³-hybridized carbons (Fsp3) is 0.375. The summed E-state index contributed by atoms with van der Waals surface area (Å²) in [6, 6.07) is 11.8. The van der Waals surface area contributed by atoms with Crippen LogP contribution in [-0.4, -0.2) is 26.1 Å². The first-order chi connectivity index (χ1) is 10.1. The average molecular weight is 304 g/mol. The van der Waals surface area contributed by atoms with Crippen LogP contribution in [0.3, 0.4) is 0 Å². The lowest BCUT2D eigenvalue weighted by atomic mass is 10.1. The third kappa shape index (κ3) is 4.36. The molecule has 1 heterocycles. The van der Waals surface area contributed by atoms with E-state index in [-0.39, 0.29) is 0 Å². The molecule has 0 saturated carbocycles. The van der Waals surface area contributed by atoms with Crippen molar-refractivity contribution < 1.29 is 9.90 Å². The third-order valence-corrected chi connectivity index (χ3v) is 4.59. The van der Waals surface area contributed by atoms with Gasteiger partial charge in [0, 0.05) is 18.5 Å². The van der Waals surface area contributed by atoms with E-state index < -0.39 is 11.2 Å². The molecule has 1 N–H and O–H groups in total. The lowest BCUT2D eigenvalue weighted by Gasteiger charge is -2.12. The average Bonchev–Trinajstić information content (AvgIpc) is 2.84. The van der Waals surface area contributed by atoms with Crippen LogP contribution in [0, 0.1) is 0 Å². The van der Waals surface area contributed by atoms with Gasteiger partial charge in [0.15, 0.2) is 0 Å². The Kier molecular flexibility index (Phi) is 5.44. The molecule has 0 aliphatic rings. The predicted octanol–water partition coefficient (Wildman–Crippen LogP) is 2.91. The number of benzene rings is 1. The van der Waals surface area contributed by atoms with Gasteiger partial charge in [0.2, 0.25) is 0 Å². The van der Waals surface area contributed by atoms with E-state index in [1.807, 2.05) is 42.1 Å². The Morgan fingerprint density at radius 2 is 2.10 bits per heavy atom. The van der Waals surface area contributed by atoms with Crippen molar-refractivity contribution in [2.45, 2.75) is 30.8 Å². The second-order valence-corrected chi connectivity index (χ2v) is 6.12. The maximum atomic E-state index is 11.4. The van der Waals surface area contributed by atoms with Crippen molar-refractivity contribution in [2.75, 3.05) is 0 Å². The second kappa shape index (κ2) is 7.31. The van der Waals surface area contributed by atoms with Crippen LogP contribution < -0.4 is 0 Å². The third-order valence-electron chi connectivity index (χ3n) is 3.36. The Morgan fingerprint density at radius 3 is 2.67 bits per heavy atom. The first-order valence-corrected chi connectivity index (χ1v) is 8.05. The molecule has 0 radical (unpaired) electrons. The van der Waals surface area contributed by atoms with Gasteiger partial charge in [0.25, 0.3) is 0 Å². The fourth-order valence-corrected chi connectivity index (χ4v) is 3.21. The molecular weight excluding hydrogens is 284 g/mol. The molecule has 0 saturated heterocycles. The first kappa shape index (κ1) is 15.6. The van der Waals surface area contributed by atoms with Gasteiger partial charge in [0.1, 0.15) is 5.25 Å². The van der Waals surface area contributed by atoms with Crippen LogP contribution in [0.5, 0.6) is 0 Å². The zero-order valence-electron chi connectivity index (χ0n) is 12.3. The number of carboxylic acid groups (broad SMARTS) is 1. The summed E-state index contributed by atoms with van der Waals surface area (Å²) in [4.78, 5) is 11.4. The Bertz CT molecular complexity index is 596. The van der Waals surface area contributed by atoms with Crippen LogP contribution in [0.25, 0.3) is 0 Å². The Labute approximate surface area is 129 Å². The van der Waals surface area contributed by atoms with Gasteiger partial charge in [-0.25, -0.2) is 0 Å². The number of hydrogen-bond donors (Lipinski definition) is 1. The number of carboxylic acids is 1. The van der Waals surface area contributed by atoms with Gasteiger partial charge in [-0.2, -0.15) is 5.10 Å².